The first-order chi connectivity index (χ1) is 9.49. The maximum Gasteiger partial charge on any atom is 0.252 e. The van der Waals surface area contributed by atoms with Crippen molar-refractivity contribution in [2.45, 2.75) is 44.8 Å². The zero-order chi connectivity index (χ0) is 14.7. The molecule has 0 saturated carbocycles. The van der Waals surface area contributed by atoms with Gasteiger partial charge in [-0.3, -0.25) is 19.3 Å². The van der Waals surface area contributed by atoms with Crippen LogP contribution in [0.15, 0.2) is 0 Å². The Morgan fingerprint density at radius 2 is 2.25 bits per heavy atom. The first-order valence-electron chi connectivity index (χ1n) is 6.95. The number of hydrogen-bond donors (Lipinski definition) is 2. The molecule has 2 aliphatic heterocycles. The lowest BCUT2D eigenvalue weighted by atomic mass is 10.2. The third-order valence-electron chi connectivity index (χ3n) is 3.46. The zero-order valence-electron chi connectivity index (χ0n) is 11.8. The molecule has 2 aliphatic rings. The van der Waals surface area contributed by atoms with Gasteiger partial charge in [0, 0.05) is 36.6 Å². The van der Waals surface area contributed by atoms with Gasteiger partial charge in [-0.25, -0.2) is 0 Å². The minimum Gasteiger partial charge on any atom is -0.344 e. The smallest absolute Gasteiger partial charge is 0.252 e. The van der Waals surface area contributed by atoms with E-state index < -0.39 is 6.04 Å². The Labute approximate surface area is 123 Å². The summed E-state index contributed by atoms with van der Waals surface area (Å²) in [5.41, 5.74) is 0. The molecule has 112 valence electrons. The molecule has 0 aliphatic carbocycles. The van der Waals surface area contributed by atoms with Gasteiger partial charge in [0.05, 0.1) is 6.42 Å². The fourth-order valence-corrected chi connectivity index (χ4v) is 3.48. The van der Waals surface area contributed by atoms with Crippen LogP contribution in [0.3, 0.4) is 0 Å². The Kier molecular flexibility index (Phi) is 5.04. The molecule has 2 N–H and O–H groups in total. The third-order valence-corrected chi connectivity index (χ3v) is 4.60. The average molecular weight is 299 g/mol. The molecule has 0 radical (unpaired) electrons. The normalized spacial score (nSPS) is 27.2. The number of hydrogen-bond acceptors (Lipinski definition) is 5. The molecule has 0 spiro atoms. The molecule has 2 saturated heterocycles. The van der Waals surface area contributed by atoms with Gasteiger partial charge in [0.25, 0.3) is 5.91 Å². The first-order valence-corrected chi connectivity index (χ1v) is 8.11. The molecule has 2 atom stereocenters. The van der Waals surface area contributed by atoms with Gasteiger partial charge < -0.3 is 10.6 Å². The van der Waals surface area contributed by atoms with Gasteiger partial charge in [-0.2, -0.15) is 11.8 Å². The number of thioether (sulfide) groups is 1. The third kappa shape index (κ3) is 3.52. The van der Waals surface area contributed by atoms with Gasteiger partial charge in [-0.15, -0.1) is 0 Å². The summed E-state index contributed by atoms with van der Waals surface area (Å²) in [6.07, 6.45) is 0.433. The van der Waals surface area contributed by atoms with E-state index in [2.05, 4.69) is 10.6 Å². The van der Waals surface area contributed by atoms with E-state index in [1.54, 1.807) is 13.8 Å². The number of likely N-dealkylation sites (tertiary alicyclic amines) is 1. The van der Waals surface area contributed by atoms with E-state index in [-0.39, 0.29) is 36.2 Å². The van der Waals surface area contributed by atoms with Crippen molar-refractivity contribution in [3.8, 4) is 0 Å². The van der Waals surface area contributed by atoms with E-state index in [4.69, 9.17) is 0 Å². The van der Waals surface area contributed by atoms with Crippen LogP contribution in [0, 0.1) is 0 Å². The maximum atomic E-state index is 12.1. The molecule has 20 heavy (non-hydrogen) atoms. The van der Waals surface area contributed by atoms with Crippen molar-refractivity contribution in [3.63, 3.8) is 0 Å². The number of carbonyl (C=O) groups excluding carboxylic acids is 3. The van der Waals surface area contributed by atoms with Gasteiger partial charge >= 0.3 is 0 Å². The van der Waals surface area contributed by atoms with Crippen LogP contribution in [0.4, 0.5) is 0 Å². The molecule has 0 aromatic heterocycles. The van der Waals surface area contributed by atoms with Crippen LogP contribution in [-0.4, -0.2) is 58.8 Å². The van der Waals surface area contributed by atoms with Crippen molar-refractivity contribution in [1.29, 1.82) is 0 Å². The van der Waals surface area contributed by atoms with Gasteiger partial charge in [-0.1, -0.05) is 0 Å². The van der Waals surface area contributed by atoms with Crippen molar-refractivity contribution in [1.82, 2.24) is 15.5 Å². The second-order valence-electron chi connectivity index (χ2n) is 5.45. The van der Waals surface area contributed by atoms with Crippen LogP contribution in [0.5, 0.6) is 0 Å². The number of imide groups is 1. The summed E-state index contributed by atoms with van der Waals surface area (Å²) in [4.78, 5) is 37.0. The Balaban J connectivity index is 1.85. The van der Waals surface area contributed by atoms with E-state index in [1.165, 1.54) is 4.90 Å². The minimum atomic E-state index is -0.686. The molecule has 2 rings (SSSR count). The van der Waals surface area contributed by atoms with Gasteiger partial charge in [0.2, 0.25) is 11.8 Å². The number of rotatable bonds is 4. The lowest BCUT2D eigenvalue weighted by Gasteiger charge is -2.23. The predicted molar refractivity (Wildman–Crippen MR) is 77.3 cm³/mol. The SMILES string of the molecule is CC(C)N1C(=O)CC(NC(=O)CC2CSCCN2)C1=O. The summed E-state index contributed by atoms with van der Waals surface area (Å²) in [6.45, 7) is 4.50. The molecule has 7 heteroatoms. The van der Waals surface area contributed by atoms with Crippen molar-refractivity contribution < 1.29 is 14.4 Å². The second-order valence-corrected chi connectivity index (χ2v) is 6.60. The Morgan fingerprint density at radius 3 is 2.80 bits per heavy atom. The fourth-order valence-electron chi connectivity index (χ4n) is 2.53. The molecule has 2 unspecified atom stereocenters. The number of nitrogens with one attached hydrogen (secondary N) is 2. The minimum absolute atomic E-state index is 0.0790. The van der Waals surface area contributed by atoms with Crippen molar-refractivity contribution in [3.05, 3.63) is 0 Å². The van der Waals surface area contributed by atoms with E-state index in [0.29, 0.717) is 6.42 Å². The largest absolute Gasteiger partial charge is 0.344 e. The van der Waals surface area contributed by atoms with Crippen LogP contribution in [0.25, 0.3) is 0 Å². The number of amides is 3. The van der Waals surface area contributed by atoms with E-state index in [9.17, 15) is 14.4 Å². The standard InChI is InChI=1S/C13H21N3O3S/c1-8(2)16-12(18)6-10(13(16)19)15-11(17)5-9-7-20-4-3-14-9/h8-10,14H,3-7H2,1-2H3,(H,15,17). The zero-order valence-corrected chi connectivity index (χ0v) is 12.7. The van der Waals surface area contributed by atoms with Crippen molar-refractivity contribution >= 4 is 29.5 Å². The molecular weight excluding hydrogens is 278 g/mol. The highest BCUT2D eigenvalue weighted by atomic mass is 32.2. The van der Waals surface area contributed by atoms with Gasteiger partial charge in [0.15, 0.2) is 0 Å². The highest BCUT2D eigenvalue weighted by molar-refractivity contribution is 7.99. The topological polar surface area (TPSA) is 78.5 Å². The summed E-state index contributed by atoms with van der Waals surface area (Å²) in [6, 6.07) is -0.691. The Hall–Kier alpha value is -1.08. The highest BCUT2D eigenvalue weighted by Gasteiger charge is 2.40. The average Bonchev–Trinajstić information content (AvgIpc) is 2.65. The first kappa shape index (κ1) is 15.3. The summed E-state index contributed by atoms with van der Waals surface area (Å²) in [7, 11) is 0. The molecule has 2 heterocycles. The highest BCUT2D eigenvalue weighted by Crippen LogP contribution is 2.17. The quantitative estimate of drug-likeness (QED) is 0.699. The second kappa shape index (κ2) is 6.58. The van der Waals surface area contributed by atoms with Crippen LogP contribution in [0.1, 0.15) is 26.7 Å². The Morgan fingerprint density at radius 1 is 1.50 bits per heavy atom. The monoisotopic (exact) mass is 299 g/mol. The molecule has 2 fully saturated rings. The Bertz CT molecular complexity index is 408. The van der Waals surface area contributed by atoms with Crippen molar-refractivity contribution in [2.24, 2.45) is 0 Å². The molecule has 6 nitrogen and oxygen atoms in total. The van der Waals surface area contributed by atoms with Crippen LogP contribution < -0.4 is 10.6 Å². The van der Waals surface area contributed by atoms with E-state index in [1.807, 2.05) is 11.8 Å². The summed E-state index contributed by atoms with van der Waals surface area (Å²) in [5.74, 6) is 1.31. The number of nitrogens with zero attached hydrogens (tertiary/aromatic N) is 1. The fraction of sp³-hybridized carbons (Fsp3) is 0.769. The predicted octanol–water partition coefficient (Wildman–Crippen LogP) is -0.266. The van der Waals surface area contributed by atoms with Crippen molar-refractivity contribution in [2.75, 3.05) is 18.1 Å². The summed E-state index contributed by atoms with van der Waals surface area (Å²) >= 11 is 1.82. The molecule has 3 amide bonds. The summed E-state index contributed by atoms with van der Waals surface area (Å²) < 4.78 is 0. The maximum absolute atomic E-state index is 12.1. The van der Waals surface area contributed by atoms with E-state index in [0.717, 1.165) is 18.1 Å². The van der Waals surface area contributed by atoms with Gasteiger partial charge in [-0.05, 0) is 13.8 Å². The van der Waals surface area contributed by atoms with Gasteiger partial charge in [0.1, 0.15) is 6.04 Å². The number of carbonyl (C=O) groups is 3. The van der Waals surface area contributed by atoms with Crippen LogP contribution >= 0.6 is 11.8 Å². The lowest BCUT2D eigenvalue weighted by molar-refractivity contribution is -0.141. The summed E-state index contributed by atoms with van der Waals surface area (Å²) in [5, 5.41) is 5.97. The van der Waals surface area contributed by atoms with Crippen LogP contribution in [0.2, 0.25) is 0 Å². The molecular formula is C13H21N3O3S. The lowest BCUT2D eigenvalue weighted by Crippen LogP contribution is -2.46. The molecule has 0 aromatic rings. The van der Waals surface area contributed by atoms with Crippen LogP contribution in [-0.2, 0) is 14.4 Å². The van der Waals surface area contributed by atoms with E-state index >= 15 is 0 Å². The molecule has 0 aromatic carbocycles. The molecule has 0 bridgehead atoms.